The van der Waals surface area contributed by atoms with Gasteiger partial charge in [-0.25, -0.2) is 9.98 Å². The highest BCUT2D eigenvalue weighted by molar-refractivity contribution is 6.20. The number of rotatable bonds is 22. The van der Waals surface area contributed by atoms with Crippen molar-refractivity contribution < 1.29 is 10.8 Å². The molecule has 0 saturated carbocycles. The van der Waals surface area contributed by atoms with E-state index in [4.69, 9.17) is 19.5 Å². The maximum absolute atomic E-state index is 9.94. The lowest BCUT2D eigenvalue weighted by molar-refractivity contribution is 0.0163. The number of allylic oxidation sites excluding steroid dienone is 5. The van der Waals surface area contributed by atoms with Crippen LogP contribution in [0.3, 0.4) is 0 Å². The molecule has 0 amide bonds. The van der Waals surface area contributed by atoms with Crippen molar-refractivity contribution in [3.8, 4) is 0 Å². The lowest BCUT2D eigenvalue weighted by Gasteiger charge is -2.35. The first-order valence-corrected chi connectivity index (χ1v) is 20.0. The van der Waals surface area contributed by atoms with Gasteiger partial charge in [0.1, 0.15) is 0 Å². The average Bonchev–Trinajstić information content (AvgIpc) is 3.92. The molecule has 1 aromatic rings. The molecule has 0 spiro atoms. The molecular weight excluding hydrogens is 617 g/mol. The van der Waals surface area contributed by atoms with Crippen LogP contribution < -0.4 is 16.0 Å². The van der Waals surface area contributed by atoms with Gasteiger partial charge in [-0.3, -0.25) is 0 Å². The van der Waals surface area contributed by atoms with Gasteiger partial charge in [-0.05, 0) is 93.0 Å². The normalized spacial score (nSPS) is 22.3. The van der Waals surface area contributed by atoms with Crippen LogP contribution in [-0.2, 0) is 9.47 Å². The van der Waals surface area contributed by atoms with Gasteiger partial charge in [-0.2, -0.15) is 0 Å². The summed E-state index contributed by atoms with van der Waals surface area (Å²) in [7, 11) is 0. The van der Waals surface area contributed by atoms with Crippen molar-refractivity contribution in [1.82, 2.24) is 10.3 Å². The molecule has 4 aliphatic heterocycles. The molecule has 4 aliphatic rings. The average molecular weight is 682 g/mol. The minimum Gasteiger partial charge on any atom is -0.376 e. The van der Waals surface area contributed by atoms with E-state index in [2.05, 4.69) is 80.5 Å². The smallest absolute Gasteiger partial charge is 0.0878 e. The SMILES string of the molecule is [2H]C1C(C(C)OCCCCCCCCCC)=C2C=C3C=CC(=N3)C=c3ccc([nH]3)=CC3=NC(=CC1(C(C)OCCCCCCCCCC)N2)C=C3. The summed E-state index contributed by atoms with van der Waals surface area (Å²) in [6, 6.07) is 4.13. The first-order chi connectivity index (χ1) is 24.9. The molecule has 5 heterocycles. The lowest BCUT2D eigenvalue weighted by Crippen LogP contribution is -2.49. The van der Waals surface area contributed by atoms with E-state index < -0.39 is 11.9 Å². The fraction of sp³-hybridized carbons (Fsp3) is 0.591. The highest BCUT2D eigenvalue weighted by Gasteiger charge is 2.43. The van der Waals surface area contributed by atoms with Gasteiger partial charge in [0.05, 0.1) is 40.6 Å². The number of aliphatic imine (C=N–C) groups is 2. The molecule has 6 heteroatoms. The fourth-order valence-corrected chi connectivity index (χ4v) is 7.19. The Labute approximate surface area is 303 Å². The molecule has 0 fully saturated rings. The molecule has 2 N–H and O–H groups in total. The quantitative estimate of drug-likeness (QED) is 0.120. The number of nitrogens with one attached hydrogen (secondary N) is 2. The first kappa shape index (κ1) is 36.6. The van der Waals surface area contributed by atoms with Gasteiger partial charge in [0.2, 0.25) is 0 Å². The molecule has 4 unspecified atom stereocenters. The summed E-state index contributed by atoms with van der Waals surface area (Å²) in [6.07, 6.45) is 35.5. The number of fused-ring (bicyclic) bond motifs is 6. The maximum atomic E-state index is 9.94. The summed E-state index contributed by atoms with van der Waals surface area (Å²) in [5, 5.41) is 5.83. The van der Waals surface area contributed by atoms with Crippen LogP contribution in [0.4, 0.5) is 0 Å². The zero-order chi connectivity index (χ0) is 35.9. The molecule has 0 saturated heterocycles. The molecule has 0 aromatic carbocycles. The summed E-state index contributed by atoms with van der Waals surface area (Å²) in [6.45, 7) is 10.1. The number of H-pyrrole nitrogens is 1. The van der Waals surface area contributed by atoms with Crippen LogP contribution >= 0.6 is 0 Å². The molecule has 6 nitrogen and oxygen atoms in total. The number of ether oxygens (including phenoxy) is 2. The lowest BCUT2D eigenvalue weighted by atomic mass is 9.86. The standard InChI is InChI=1S/C44H64N4O2/c1-5-7-9-11-13-15-17-19-27-49-34(3)42-33-44(35(4)50-28-20-18-16-14-12-10-8-6-2)32-41-26-25-39(47-41)30-37-22-21-36(45-37)29-38-23-24-40(46-38)31-43(42)48-44/h21-26,29-32,34-35,45,48H,5-20,27-28,33H2,1-4H3/i33D. The summed E-state index contributed by atoms with van der Waals surface area (Å²) >= 11 is 0. The third-order valence-corrected chi connectivity index (χ3v) is 10.3. The van der Waals surface area contributed by atoms with Crippen LogP contribution in [0.1, 0.15) is 138 Å². The Morgan fingerprint density at radius 2 is 1.20 bits per heavy atom. The summed E-state index contributed by atoms with van der Waals surface area (Å²) in [5.74, 6) is 0. The Hall–Kier alpha value is -3.22. The summed E-state index contributed by atoms with van der Waals surface area (Å²) in [5.41, 5.74) is 4.45. The molecule has 4 atom stereocenters. The van der Waals surface area contributed by atoms with Crippen molar-refractivity contribution in [3.05, 3.63) is 82.0 Å². The largest absolute Gasteiger partial charge is 0.376 e. The monoisotopic (exact) mass is 682 g/mol. The first-order valence-electron chi connectivity index (χ1n) is 20.5. The summed E-state index contributed by atoms with van der Waals surface area (Å²) in [4.78, 5) is 13.4. The number of aromatic nitrogens is 1. The van der Waals surface area contributed by atoms with Gasteiger partial charge < -0.3 is 19.8 Å². The molecule has 50 heavy (non-hydrogen) atoms. The number of hydrogen-bond acceptors (Lipinski definition) is 5. The van der Waals surface area contributed by atoms with Crippen LogP contribution in [0.5, 0.6) is 0 Å². The molecular formula is C44H64N4O2. The minimum absolute atomic E-state index is 0.234. The van der Waals surface area contributed by atoms with Gasteiger partial charge in [0.25, 0.3) is 0 Å². The second-order valence-electron chi connectivity index (χ2n) is 14.6. The van der Waals surface area contributed by atoms with Crippen molar-refractivity contribution in [3.63, 3.8) is 0 Å². The zero-order valence-electron chi connectivity index (χ0n) is 32.4. The number of unbranched alkanes of at least 4 members (excludes halogenated alkanes) is 14. The molecule has 0 radical (unpaired) electrons. The van der Waals surface area contributed by atoms with Crippen LogP contribution in [0.2, 0.25) is 0 Å². The third kappa shape index (κ3) is 11.4. The fourth-order valence-electron chi connectivity index (χ4n) is 7.19. The van der Waals surface area contributed by atoms with E-state index in [1.54, 1.807) is 0 Å². The topological polar surface area (TPSA) is 71.0 Å². The van der Waals surface area contributed by atoms with Gasteiger partial charge in [-0.1, -0.05) is 104 Å². The Morgan fingerprint density at radius 3 is 1.80 bits per heavy atom. The van der Waals surface area contributed by atoms with E-state index >= 15 is 0 Å². The highest BCUT2D eigenvalue weighted by atomic mass is 16.5. The number of aromatic amines is 1. The van der Waals surface area contributed by atoms with Crippen LogP contribution in [0, 0.1) is 0 Å². The van der Waals surface area contributed by atoms with Gasteiger partial charge in [0.15, 0.2) is 0 Å². The molecule has 0 aliphatic carbocycles. The van der Waals surface area contributed by atoms with E-state index in [0.29, 0.717) is 13.2 Å². The molecule has 1 aromatic heterocycles. The zero-order valence-corrected chi connectivity index (χ0v) is 31.4. The Balaban J connectivity index is 1.37. The predicted molar refractivity (Wildman–Crippen MR) is 212 cm³/mol. The Morgan fingerprint density at radius 1 is 0.680 bits per heavy atom. The minimum atomic E-state index is -0.839. The maximum Gasteiger partial charge on any atom is 0.0878 e. The number of nitrogens with zero attached hydrogens (tertiary/aromatic N) is 2. The molecule has 8 bridgehead atoms. The van der Waals surface area contributed by atoms with E-state index in [0.717, 1.165) is 57.6 Å². The van der Waals surface area contributed by atoms with Gasteiger partial charge in [-0.15, -0.1) is 0 Å². The Bertz CT molecular complexity index is 1630. The van der Waals surface area contributed by atoms with E-state index in [9.17, 15) is 1.37 Å². The van der Waals surface area contributed by atoms with E-state index in [1.165, 1.54) is 89.9 Å². The molecule has 5 rings (SSSR count). The van der Waals surface area contributed by atoms with E-state index in [1.807, 2.05) is 18.2 Å². The van der Waals surface area contributed by atoms with Crippen molar-refractivity contribution in [1.29, 1.82) is 0 Å². The highest BCUT2D eigenvalue weighted by Crippen LogP contribution is 2.38. The van der Waals surface area contributed by atoms with Crippen molar-refractivity contribution >= 4 is 23.6 Å². The molecule has 272 valence electrons. The summed E-state index contributed by atoms with van der Waals surface area (Å²) < 4.78 is 23.1. The van der Waals surface area contributed by atoms with Crippen LogP contribution in [0.25, 0.3) is 12.2 Å². The van der Waals surface area contributed by atoms with Crippen LogP contribution in [0.15, 0.2) is 81.2 Å². The second kappa shape index (κ2) is 20.0. The Kier molecular flexibility index (Phi) is 14.6. The van der Waals surface area contributed by atoms with Gasteiger partial charge in [0, 0.05) is 37.4 Å². The van der Waals surface area contributed by atoms with Crippen molar-refractivity contribution in [2.45, 2.75) is 155 Å². The van der Waals surface area contributed by atoms with Crippen molar-refractivity contribution in [2.24, 2.45) is 9.98 Å². The van der Waals surface area contributed by atoms with Crippen LogP contribution in [-0.4, -0.2) is 47.4 Å². The van der Waals surface area contributed by atoms with E-state index in [-0.39, 0.29) is 12.2 Å². The third-order valence-electron chi connectivity index (χ3n) is 10.3. The predicted octanol–water partition coefficient (Wildman–Crippen LogP) is 9.46. The van der Waals surface area contributed by atoms with Crippen molar-refractivity contribution in [2.75, 3.05) is 13.2 Å². The second-order valence-corrected chi connectivity index (χ2v) is 14.6. The number of hydrogen-bond donors (Lipinski definition) is 2. The van der Waals surface area contributed by atoms with Gasteiger partial charge >= 0.3 is 0 Å².